The summed E-state index contributed by atoms with van der Waals surface area (Å²) in [5, 5.41) is 3.50. The van der Waals surface area contributed by atoms with Crippen molar-refractivity contribution in [2.45, 2.75) is 45.2 Å². The SMILES string of the molecule is COC(=O)C1(C2CN(C(C)(C)C)CCN2)CC1. The van der Waals surface area contributed by atoms with Crippen LogP contribution in [-0.4, -0.2) is 49.2 Å². The first-order chi connectivity index (χ1) is 7.90. The number of esters is 1. The van der Waals surface area contributed by atoms with Gasteiger partial charge in [0.1, 0.15) is 0 Å². The molecule has 1 atom stereocenters. The van der Waals surface area contributed by atoms with Crippen molar-refractivity contribution in [3.63, 3.8) is 0 Å². The van der Waals surface area contributed by atoms with Crippen molar-refractivity contribution in [1.82, 2.24) is 10.2 Å². The fourth-order valence-corrected chi connectivity index (χ4v) is 2.76. The van der Waals surface area contributed by atoms with Crippen LogP contribution in [0.3, 0.4) is 0 Å². The quantitative estimate of drug-likeness (QED) is 0.732. The number of carbonyl (C=O) groups excluding carboxylic acids is 1. The van der Waals surface area contributed by atoms with Crippen LogP contribution in [-0.2, 0) is 9.53 Å². The second-order valence-corrected chi connectivity index (χ2v) is 6.27. The third-order valence-corrected chi connectivity index (χ3v) is 4.17. The molecule has 2 aliphatic rings. The van der Waals surface area contributed by atoms with Gasteiger partial charge in [0.25, 0.3) is 0 Å². The van der Waals surface area contributed by atoms with E-state index < -0.39 is 0 Å². The van der Waals surface area contributed by atoms with E-state index in [2.05, 4.69) is 31.0 Å². The van der Waals surface area contributed by atoms with Gasteiger partial charge in [0.05, 0.1) is 12.5 Å². The molecule has 1 saturated carbocycles. The fraction of sp³-hybridized carbons (Fsp3) is 0.923. The van der Waals surface area contributed by atoms with Crippen LogP contribution in [0, 0.1) is 5.41 Å². The van der Waals surface area contributed by atoms with Crippen molar-refractivity contribution in [2.24, 2.45) is 5.41 Å². The van der Waals surface area contributed by atoms with Crippen LogP contribution >= 0.6 is 0 Å². The summed E-state index contributed by atoms with van der Waals surface area (Å²) >= 11 is 0. The van der Waals surface area contributed by atoms with E-state index in [9.17, 15) is 4.79 Å². The van der Waals surface area contributed by atoms with Gasteiger partial charge in [-0.05, 0) is 33.6 Å². The topological polar surface area (TPSA) is 41.6 Å². The Morgan fingerprint density at radius 3 is 2.53 bits per heavy atom. The molecule has 2 fully saturated rings. The summed E-state index contributed by atoms with van der Waals surface area (Å²) in [6.45, 7) is 9.64. The first-order valence-electron chi connectivity index (χ1n) is 6.47. The van der Waals surface area contributed by atoms with Crippen molar-refractivity contribution in [3.8, 4) is 0 Å². The molecular weight excluding hydrogens is 216 g/mol. The standard InChI is InChI=1S/C13H24N2O2/c1-12(2,3)15-8-7-14-10(9-15)13(5-6-13)11(16)17-4/h10,14H,5-9H2,1-4H3. The number of nitrogens with one attached hydrogen (secondary N) is 1. The van der Waals surface area contributed by atoms with Crippen LogP contribution in [0.15, 0.2) is 0 Å². The van der Waals surface area contributed by atoms with Crippen LogP contribution < -0.4 is 5.32 Å². The lowest BCUT2D eigenvalue weighted by atomic mass is 9.92. The molecule has 1 N–H and O–H groups in total. The molecule has 1 aliphatic carbocycles. The van der Waals surface area contributed by atoms with Crippen LogP contribution in [0.25, 0.3) is 0 Å². The Morgan fingerprint density at radius 2 is 2.06 bits per heavy atom. The molecule has 4 nitrogen and oxygen atoms in total. The fourth-order valence-electron chi connectivity index (χ4n) is 2.76. The normalized spacial score (nSPS) is 28.8. The van der Waals surface area contributed by atoms with Gasteiger partial charge in [0.2, 0.25) is 0 Å². The molecule has 0 aromatic heterocycles. The van der Waals surface area contributed by atoms with E-state index in [-0.39, 0.29) is 23.0 Å². The first-order valence-corrected chi connectivity index (χ1v) is 6.47. The molecule has 2 rings (SSSR count). The Hall–Kier alpha value is -0.610. The molecule has 98 valence electrons. The maximum Gasteiger partial charge on any atom is 0.313 e. The molecular formula is C13H24N2O2. The lowest BCUT2D eigenvalue weighted by Gasteiger charge is -2.44. The third-order valence-electron chi connectivity index (χ3n) is 4.17. The summed E-state index contributed by atoms with van der Waals surface area (Å²) in [5.74, 6) is -0.0363. The molecule has 0 radical (unpaired) electrons. The Balaban J connectivity index is 2.05. The molecule has 0 bridgehead atoms. The van der Waals surface area contributed by atoms with E-state index in [4.69, 9.17) is 4.74 Å². The van der Waals surface area contributed by atoms with E-state index in [1.54, 1.807) is 0 Å². The minimum atomic E-state index is -0.237. The van der Waals surface area contributed by atoms with Gasteiger partial charge in [-0.2, -0.15) is 0 Å². The highest BCUT2D eigenvalue weighted by Crippen LogP contribution is 2.50. The highest BCUT2D eigenvalue weighted by Gasteiger charge is 2.57. The lowest BCUT2D eigenvalue weighted by Crippen LogP contribution is -2.60. The van der Waals surface area contributed by atoms with Gasteiger partial charge in [0.15, 0.2) is 0 Å². The highest BCUT2D eigenvalue weighted by molar-refractivity contribution is 5.80. The molecule has 1 aliphatic heterocycles. The molecule has 4 heteroatoms. The van der Waals surface area contributed by atoms with Crippen molar-refractivity contribution in [2.75, 3.05) is 26.7 Å². The summed E-state index contributed by atoms with van der Waals surface area (Å²) in [7, 11) is 1.49. The zero-order valence-electron chi connectivity index (χ0n) is 11.4. The van der Waals surface area contributed by atoms with Crippen LogP contribution in [0.4, 0.5) is 0 Å². The van der Waals surface area contributed by atoms with E-state index in [1.165, 1.54) is 7.11 Å². The molecule has 0 amide bonds. The second kappa shape index (κ2) is 4.25. The Morgan fingerprint density at radius 1 is 1.41 bits per heavy atom. The van der Waals surface area contributed by atoms with Crippen molar-refractivity contribution in [1.29, 1.82) is 0 Å². The number of ether oxygens (including phenoxy) is 1. The van der Waals surface area contributed by atoms with Gasteiger partial charge in [-0.25, -0.2) is 0 Å². The summed E-state index contributed by atoms with van der Waals surface area (Å²) in [5.41, 5.74) is -0.0643. The smallest absolute Gasteiger partial charge is 0.313 e. The average Bonchev–Trinajstić information content (AvgIpc) is 3.08. The van der Waals surface area contributed by atoms with Gasteiger partial charge < -0.3 is 10.1 Å². The Kier molecular flexibility index (Phi) is 3.21. The van der Waals surface area contributed by atoms with Crippen molar-refractivity contribution >= 4 is 5.97 Å². The number of hydrogen-bond donors (Lipinski definition) is 1. The van der Waals surface area contributed by atoms with Crippen molar-refractivity contribution in [3.05, 3.63) is 0 Å². The molecule has 1 saturated heterocycles. The zero-order valence-corrected chi connectivity index (χ0v) is 11.4. The van der Waals surface area contributed by atoms with E-state index >= 15 is 0 Å². The molecule has 1 heterocycles. The van der Waals surface area contributed by atoms with Gasteiger partial charge in [-0.1, -0.05) is 0 Å². The number of hydrogen-bond acceptors (Lipinski definition) is 4. The maximum absolute atomic E-state index is 11.9. The Labute approximate surface area is 104 Å². The van der Waals surface area contributed by atoms with Gasteiger partial charge in [-0.15, -0.1) is 0 Å². The number of carbonyl (C=O) groups is 1. The number of piperazine rings is 1. The predicted octanol–water partition coefficient (Wildman–Crippen LogP) is 1.01. The van der Waals surface area contributed by atoms with Crippen molar-refractivity contribution < 1.29 is 9.53 Å². The van der Waals surface area contributed by atoms with Crippen LogP contribution in [0.1, 0.15) is 33.6 Å². The van der Waals surface area contributed by atoms with Gasteiger partial charge in [-0.3, -0.25) is 9.69 Å². The highest BCUT2D eigenvalue weighted by atomic mass is 16.5. The summed E-state index contributed by atoms with van der Waals surface area (Å²) in [6.07, 6.45) is 1.94. The Bertz CT molecular complexity index is 305. The molecule has 17 heavy (non-hydrogen) atoms. The zero-order chi connectivity index (χ0) is 12.7. The summed E-state index contributed by atoms with van der Waals surface area (Å²) < 4.78 is 4.95. The second-order valence-electron chi connectivity index (χ2n) is 6.27. The van der Waals surface area contributed by atoms with E-state index in [0.717, 1.165) is 32.5 Å². The van der Waals surface area contributed by atoms with Gasteiger partial charge >= 0.3 is 5.97 Å². The van der Waals surface area contributed by atoms with Gasteiger partial charge in [0, 0.05) is 31.2 Å². The van der Waals surface area contributed by atoms with Crippen LogP contribution in [0.5, 0.6) is 0 Å². The first kappa shape index (κ1) is 12.8. The molecule has 0 aromatic rings. The molecule has 1 unspecified atom stereocenters. The monoisotopic (exact) mass is 240 g/mol. The molecule has 0 aromatic carbocycles. The van der Waals surface area contributed by atoms with Crippen LogP contribution in [0.2, 0.25) is 0 Å². The minimum Gasteiger partial charge on any atom is -0.469 e. The lowest BCUT2D eigenvalue weighted by molar-refractivity contribution is -0.149. The predicted molar refractivity (Wildman–Crippen MR) is 66.8 cm³/mol. The summed E-state index contributed by atoms with van der Waals surface area (Å²) in [6, 6.07) is 0.253. The van der Waals surface area contributed by atoms with E-state index in [0.29, 0.717) is 0 Å². The third kappa shape index (κ3) is 2.33. The maximum atomic E-state index is 11.9. The molecule has 0 spiro atoms. The number of rotatable bonds is 2. The summed E-state index contributed by atoms with van der Waals surface area (Å²) in [4.78, 5) is 14.3. The average molecular weight is 240 g/mol. The number of nitrogens with zero attached hydrogens (tertiary/aromatic N) is 1. The minimum absolute atomic E-state index is 0.0363. The largest absolute Gasteiger partial charge is 0.469 e. The number of methoxy groups -OCH3 is 1. The van der Waals surface area contributed by atoms with E-state index in [1.807, 2.05) is 0 Å².